The maximum absolute atomic E-state index is 13.1. The van der Waals surface area contributed by atoms with E-state index in [0.29, 0.717) is 17.9 Å². The predicted octanol–water partition coefficient (Wildman–Crippen LogP) is 4.34. The molecule has 2 aliphatic heterocycles. The summed E-state index contributed by atoms with van der Waals surface area (Å²) in [6.07, 6.45) is 2.49. The van der Waals surface area contributed by atoms with Crippen molar-refractivity contribution in [1.82, 2.24) is 9.79 Å². The zero-order chi connectivity index (χ0) is 25.8. The van der Waals surface area contributed by atoms with Crippen LogP contribution in [0.3, 0.4) is 0 Å². The quantitative estimate of drug-likeness (QED) is 0.232. The number of furan rings is 1. The van der Waals surface area contributed by atoms with Gasteiger partial charge in [0.25, 0.3) is 0 Å². The van der Waals surface area contributed by atoms with Gasteiger partial charge in [-0.2, -0.15) is 4.31 Å². The maximum Gasteiger partial charge on any atom is 0.243 e. The molecule has 9 heteroatoms. The van der Waals surface area contributed by atoms with Crippen molar-refractivity contribution in [3.05, 3.63) is 108 Å². The molecule has 0 unspecified atom stereocenters. The summed E-state index contributed by atoms with van der Waals surface area (Å²) in [5.74, 6) is 0.739. The Kier molecular flexibility index (Phi) is 7.09. The number of amides is 1. The highest BCUT2D eigenvalue weighted by atomic mass is 32.2. The monoisotopic (exact) mass is 517 g/mol. The molecule has 3 heterocycles. The van der Waals surface area contributed by atoms with Crippen LogP contribution in [-0.4, -0.2) is 30.9 Å². The summed E-state index contributed by atoms with van der Waals surface area (Å²) in [5.41, 5.74) is 8.37. The van der Waals surface area contributed by atoms with Crippen LogP contribution in [0.2, 0.25) is 0 Å². The molecule has 37 heavy (non-hydrogen) atoms. The molecule has 6 rings (SSSR count). The summed E-state index contributed by atoms with van der Waals surface area (Å²) in [7, 11) is -3.56. The van der Waals surface area contributed by atoms with Crippen LogP contribution in [0.5, 0.6) is 0 Å². The van der Waals surface area contributed by atoms with Crippen molar-refractivity contribution >= 4 is 22.1 Å². The molecule has 0 fully saturated rings. The van der Waals surface area contributed by atoms with E-state index in [4.69, 9.17) is 14.4 Å². The van der Waals surface area contributed by atoms with Crippen molar-refractivity contribution in [2.75, 3.05) is 11.4 Å². The third kappa shape index (κ3) is 5.15. The Morgan fingerprint density at radius 1 is 0.811 bits per heavy atom. The van der Waals surface area contributed by atoms with Crippen LogP contribution in [0.25, 0.3) is 11.1 Å². The van der Waals surface area contributed by atoms with E-state index in [1.807, 2.05) is 18.2 Å². The summed E-state index contributed by atoms with van der Waals surface area (Å²) in [4.78, 5) is 11.5. The van der Waals surface area contributed by atoms with Crippen molar-refractivity contribution in [3.8, 4) is 11.1 Å². The first-order valence-electron chi connectivity index (χ1n) is 11.9. The van der Waals surface area contributed by atoms with E-state index in [0.717, 1.165) is 35.5 Å². The number of sulfonamides is 1. The number of fused-ring (bicyclic) bond motifs is 2. The molecular weight excluding hydrogens is 490 g/mol. The van der Waals surface area contributed by atoms with E-state index < -0.39 is 10.0 Å². The largest absolute Gasteiger partial charge is 0.468 e. The van der Waals surface area contributed by atoms with Crippen molar-refractivity contribution in [3.63, 3.8) is 0 Å². The highest BCUT2D eigenvalue weighted by Gasteiger charge is 2.29. The van der Waals surface area contributed by atoms with Gasteiger partial charge in [0.15, 0.2) is 0 Å². The number of hydrogen-bond donors (Lipinski definition) is 2. The Hall–Kier alpha value is -3.92. The van der Waals surface area contributed by atoms with E-state index in [1.54, 1.807) is 18.4 Å². The Morgan fingerprint density at radius 2 is 1.41 bits per heavy atom. The summed E-state index contributed by atoms with van der Waals surface area (Å²) in [5, 5.41) is 7.26. The van der Waals surface area contributed by atoms with E-state index >= 15 is 0 Å². The summed E-state index contributed by atoms with van der Waals surface area (Å²) < 4.78 is 33.2. The third-order valence-corrected chi connectivity index (χ3v) is 8.60. The predicted molar refractivity (Wildman–Crippen MR) is 139 cm³/mol. The molecule has 0 atom stereocenters. The first kappa shape index (κ1) is 24.8. The standard InChI is InChI=1S/C27H24N2O3S.CH3NO2/c30-33(31,29-15-13-22-14-16-32-27(22)19-29)26-11-7-21(8-12-26)20-5-9-25(10-6-20)28-17-23-3-1-2-4-24(23)18-28;3-1-2-4/h1-12,14,16H,13,15,17-19H2;1,4H,(H,2,3). The molecule has 2 N–H and O–H groups in total. The minimum absolute atomic E-state index is 0.181. The topological polar surface area (TPSA) is 103 Å². The number of carbonyl (C=O) groups excluding carboxylic acids is 1. The fourth-order valence-corrected chi connectivity index (χ4v) is 6.16. The smallest absolute Gasteiger partial charge is 0.243 e. The molecule has 0 aliphatic carbocycles. The fourth-order valence-electron chi connectivity index (χ4n) is 4.77. The van der Waals surface area contributed by atoms with Crippen LogP contribution < -0.4 is 10.4 Å². The van der Waals surface area contributed by atoms with Crippen LogP contribution >= 0.6 is 0 Å². The van der Waals surface area contributed by atoms with Crippen LogP contribution in [0.1, 0.15) is 22.5 Å². The molecule has 190 valence electrons. The highest BCUT2D eigenvalue weighted by molar-refractivity contribution is 7.89. The number of rotatable bonds is 5. The Bertz CT molecular complexity index is 1460. The molecule has 0 saturated heterocycles. The van der Waals surface area contributed by atoms with E-state index in [9.17, 15) is 8.42 Å². The van der Waals surface area contributed by atoms with Crippen molar-refractivity contribution in [2.45, 2.75) is 31.0 Å². The number of anilines is 1. The molecule has 4 aromatic rings. The van der Waals surface area contributed by atoms with Crippen molar-refractivity contribution < 1.29 is 22.8 Å². The second-order valence-corrected chi connectivity index (χ2v) is 10.8. The van der Waals surface area contributed by atoms with Crippen LogP contribution in [0, 0.1) is 0 Å². The number of hydroxylamine groups is 1. The lowest BCUT2D eigenvalue weighted by Gasteiger charge is -2.25. The van der Waals surface area contributed by atoms with Gasteiger partial charge in [0, 0.05) is 25.3 Å². The van der Waals surface area contributed by atoms with Gasteiger partial charge in [0.1, 0.15) is 5.76 Å². The fraction of sp³-hybridized carbons (Fsp3) is 0.179. The van der Waals surface area contributed by atoms with Gasteiger partial charge in [-0.25, -0.2) is 13.9 Å². The van der Waals surface area contributed by atoms with Gasteiger partial charge in [-0.15, -0.1) is 0 Å². The van der Waals surface area contributed by atoms with Crippen molar-refractivity contribution in [1.29, 1.82) is 0 Å². The normalized spacial score (nSPS) is 14.8. The van der Waals surface area contributed by atoms with Crippen molar-refractivity contribution in [2.24, 2.45) is 0 Å². The minimum Gasteiger partial charge on any atom is -0.468 e. The van der Waals surface area contributed by atoms with Gasteiger partial charge in [0.2, 0.25) is 16.4 Å². The van der Waals surface area contributed by atoms with Crippen LogP contribution in [-0.2, 0) is 40.9 Å². The molecule has 0 bridgehead atoms. The van der Waals surface area contributed by atoms with E-state index in [-0.39, 0.29) is 13.0 Å². The molecular formula is C28H27N3O5S. The summed E-state index contributed by atoms with van der Waals surface area (Å²) in [6.45, 7) is 2.61. The van der Waals surface area contributed by atoms with Gasteiger partial charge >= 0.3 is 0 Å². The minimum atomic E-state index is -3.56. The molecule has 1 amide bonds. The Morgan fingerprint density at radius 3 is 2.00 bits per heavy atom. The Labute approximate surface area is 215 Å². The third-order valence-electron chi connectivity index (χ3n) is 6.74. The van der Waals surface area contributed by atoms with E-state index in [2.05, 4.69) is 53.4 Å². The average molecular weight is 518 g/mol. The number of nitrogens with one attached hydrogen (secondary N) is 1. The molecule has 2 aliphatic rings. The number of carbonyl (C=O) groups is 1. The lowest BCUT2D eigenvalue weighted by atomic mass is 10.1. The molecule has 0 spiro atoms. The highest BCUT2D eigenvalue weighted by Crippen LogP contribution is 2.31. The van der Waals surface area contributed by atoms with Gasteiger partial charge in [0.05, 0.1) is 17.7 Å². The maximum atomic E-state index is 13.1. The lowest BCUT2D eigenvalue weighted by molar-refractivity contribution is -0.116. The average Bonchev–Trinajstić information content (AvgIpc) is 3.60. The molecule has 0 saturated carbocycles. The zero-order valence-corrected chi connectivity index (χ0v) is 20.9. The summed E-state index contributed by atoms with van der Waals surface area (Å²) in [6, 6.07) is 26.1. The van der Waals surface area contributed by atoms with Gasteiger partial charge in [-0.1, -0.05) is 48.5 Å². The second-order valence-electron chi connectivity index (χ2n) is 8.90. The molecule has 1 aromatic heterocycles. The first-order chi connectivity index (χ1) is 18.0. The number of nitrogens with zero attached hydrogens (tertiary/aromatic N) is 2. The lowest BCUT2D eigenvalue weighted by Crippen LogP contribution is -2.35. The van der Waals surface area contributed by atoms with E-state index in [1.165, 1.54) is 26.6 Å². The number of hydrogen-bond acceptors (Lipinski definition) is 6. The summed E-state index contributed by atoms with van der Waals surface area (Å²) >= 11 is 0. The Balaban J connectivity index is 0.000000655. The second kappa shape index (κ2) is 10.6. The van der Waals surface area contributed by atoms with Crippen LogP contribution in [0.4, 0.5) is 5.69 Å². The van der Waals surface area contributed by atoms with Gasteiger partial charge < -0.3 is 9.32 Å². The molecule has 8 nitrogen and oxygen atoms in total. The molecule has 0 radical (unpaired) electrons. The van der Waals surface area contributed by atoms with Gasteiger partial charge in [-0.3, -0.25) is 10.0 Å². The first-order valence-corrected chi connectivity index (χ1v) is 13.3. The number of benzene rings is 3. The van der Waals surface area contributed by atoms with Gasteiger partial charge in [-0.05, 0) is 64.6 Å². The molecule has 3 aromatic carbocycles. The van der Waals surface area contributed by atoms with Crippen LogP contribution in [0.15, 0.2) is 94.4 Å². The zero-order valence-electron chi connectivity index (χ0n) is 20.1. The SMILES string of the molecule is O=CNO.O=S(=O)(c1ccc(-c2ccc(N3Cc4ccccc4C3)cc2)cc1)N1CCc2ccoc2C1.